The number of aliphatic carboxylic acids is 1. The van der Waals surface area contributed by atoms with E-state index in [1.54, 1.807) is 0 Å². The van der Waals surface area contributed by atoms with E-state index in [1.165, 1.54) is 5.56 Å². The summed E-state index contributed by atoms with van der Waals surface area (Å²) in [6.45, 7) is 8.94. The molecule has 3 rings (SSSR count). The number of hydrogen-bond acceptors (Lipinski definition) is 3. The molecule has 3 aromatic rings. The fraction of sp³-hybridized carbons (Fsp3) is 0.333. The van der Waals surface area contributed by atoms with Crippen LogP contribution in [0.1, 0.15) is 60.7 Å². The van der Waals surface area contributed by atoms with Gasteiger partial charge in [0.1, 0.15) is 6.04 Å². The maximum Gasteiger partial charge on any atom is 0.326 e. The quantitative estimate of drug-likeness (QED) is 0.332. The Hall–Kier alpha value is -3.44. The van der Waals surface area contributed by atoms with Crippen LogP contribution in [0.25, 0.3) is 11.1 Å². The summed E-state index contributed by atoms with van der Waals surface area (Å²) in [6.07, 6.45) is 1.96. The van der Waals surface area contributed by atoms with Crippen LogP contribution in [-0.2, 0) is 17.8 Å². The Morgan fingerprint density at radius 1 is 0.914 bits per heavy atom. The van der Waals surface area contributed by atoms with Crippen molar-refractivity contribution in [3.63, 3.8) is 0 Å². The van der Waals surface area contributed by atoms with Crippen LogP contribution in [0.3, 0.4) is 0 Å². The topological polar surface area (TPSA) is 78.4 Å². The summed E-state index contributed by atoms with van der Waals surface area (Å²) in [6, 6.07) is 23.2. The van der Waals surface area contributed by atoms with Gasteiger partial charge in [0.2, 0.25) is 0 Å². The van der Waals surface area contributed by atoms with Crippen LogP contribution in [0.2, 0.25) is 0 Å². The third kappa shape index (κ3) is 7.27. The summed E-state index contributed by atoms with van der Waals surface area (Å²) < 4.78 is 0. The minimum absolute atomic E-state index is 0.116. The zero-order valence-electron chi connectivity index (χ0n) is 21.1. The second-order valence-electron chi connectivity index (χ2n) is 9.75. The van der Waals surface area contributed by atoms with Gasteiger partial charge in [-0.05, 0) is 73.6 Å². The van der Waals surface area contributed by atoms with Gasteiger partial charge in [-0.3, -0.25) is 4.79 Å². The molecule has 184 valence electrons. The first-order valence-corrected chi connectivity index (χ1v) is 12.2. The number of nitrogens with one attached hydrogen (secondary N) is 2. The molecule has 0 radical (unpaired) electrons. The van der Waals surface area contributed by atoms with Crippen molar-refractivity contribution >= 4 is 11.9 Å². The average molecular weight is 473 g/mol. The molecule has 0 spiro atoms. The van der Waals surface area contributed by atoms with Crippen molar-refractivity contribution in [1.29, 1.82) is 0 Å². The first kappa shape index (κ1) is 26.2. The molecule has 0 aromatic heterocycles. The molecule has 1 atom stereocenters. The highest BCUT2D eigenvalue weighted by Crippen LogP contribution is 2.29. The van der Waals surface area contributed by atoms with Gasteiger partial charge in [-0.2, -0.15) is 0 Å². The predicted molar refractivity (Wildman–Crippen MR) is 141 cm³/mol. The number of carboxylic acids is 1. The third-order valence-corrected chi connectivity index (χ3v) is 6.20. The van der Waals surface area contributed by atoms with Crippen LogP contribution >= 0.6 is 0 Å². The summed E-state index contributed by atoms with van der Waals surface area (Å²) in [4.78, 5) is 24.8. The van der Waals surface area contributed by atoms with Crippen LogP contribution in [0.4, 0.5) is 0 Å². The Morgan fingerprint density at radius 2 is 1.60 bits per heavy atom. The Morgan fingerprint density at radius 3 is 2.26 bits per heavy atom. The molecule has 0 saturated heterocycles. The zero-order chi connectivity index (χ0) is 25.4. The predicted octanol–water partition coefficient (Wildman–Crippen LogP) is 5.76. The highest BCUT2D eigenvalue weighted by molar-refractivity contribution is 6.02. The summed E-state index contributed by atoms with van der Waals surface area (Å²) in [5, 5.41) is 15.9. The molecule has 3 N–H and O–H groups in total. The van der Waals surface area contributed by atoms with Crippen molar-refractivity contribution in [3.05, 3.63) is 95.1 Å². The highest BCUT2D eigenvalue weighted by atomic mass is 16.4. The van der Waals surface area contributed by atoms with Gasteiger partial charge in [0, 0.05) is 17.6 Å². The van der Waals surface area contributed by atoms with Crippen LogP contribution < -0.4 is 10.6 Å². The largest absolute Gasteiger partial charge is 0.480 e. The standard InChI is InChI=1S/C30H36N2O3/c1-5-11-27(29(34)35)32-28(33)25-17-16-23(18-26(25)24-15-10-9-12-21(24)2)20-31-30(3,4)19-22-13-7-6-8-14-22/h6-10,12-18,27,31H,5,11,19-20H2,1-4H3,(H,32,33)(H,34,35)/t27-/m0/s1. The van der Waals surface area contributed by atoms with Crippen molar-refractivity contribution < 1.29 is 14.7 Å². The SMILES string of the molecule is CCC[C@H](NC(=O)c1ccc(CNC(C)(C)Cc2ccccc2)cc1-c1ccccc1C)C(=O)O. The second kappa shape index (κ2) is 11.8. The molecule has 5 nitrogen and oxygen atoms in total. The number of carboxylic acid groups (broad SMARTS) is 1. The third-order valence-electron chi connectivity index (χ3n) is 6.20. The number of carbonyl (C=O) groups is 2. The molecular weight excluding hydrogens is 436 g/mol. The molecule has 35 heavy (non-hydrogen) atoms. The van der Waals surface area contributed by atoms with E-state index < -0.39 is 12.0 Å². The smallest absolute Gasteiger partial charge is 0.326 e. The van der Waals surface area contributed by atoms with Crippen LogP contribution in [0, 0.1) is 6.92 Å². The zero-order valence-corrected chi connectivity index (χ0v) is 21.1. The average Bonchev–Trinajstić information content (AvgIpc) is 2.83. The van der Waals surface area contributed by atoms with E-state index in [4.69, 9.17) is 0 Å². The van der Waals surface area contributed by atoms with E-state index in [1.807, 2.05) is 62.4 Å². The van der Waals surface area contributed by atoms with E-state index in [2.05, 4.69) is 48.7 Å². The molecule has 0 heterocycles. The van der Waals surface area contributed by atoms with Gasteiger partial charge in [-0.15, -0.1) is 0 Å². The van der Waals surface area contributed by atoms with Crippen molar-refractivity contribution in [3.8, 4) is 11.1 Å². The Labute approximate surface area is 208 Å². The maximum atomic E-state index is 13.2. The van der Waals surface area contributed by atoms with E-state index in [-0.39, 0.29) is 11.4 Å². The first-order chi connectivity index (χ1) is 16.7. The maximum absolute atomic E-state index is 13.2. The Balaban J connectivity index is 1.87. The van der Waals surface area contributed by atoms with E-state index >= 15 is 0 Å². The minimum atomic E-state index is -1.01. The molecule has 3 aromatic carbocycles. The molecule has 0 aliphatic rings. The lowest BCUT2D eigenvalue weighted by atomic mass is 9.92. The van der Waals surface area contributed by atoms with Gasteiger partial charge in [0.25, 0.3) is 5.91 Å². The minimum Gasteiger partial charge on any atom is -0.480 e. The molecule has 0 aliphatic heterocycles. The second-order valence-corrected chi connectivity index (χ2v) is 9.75. The van der Waals surface area contributed by atoms with Gasteiger partial charge in [0.05, 0.1) is 0 Å². The van der Waals surface area contributed by atoms with Gasteiger partial charge < -0.3 is 15.7 Å². The molecule has 0 saturated carbocycles. The van der Waals surface area contributed by atoms with E-state index in [0.29, 0.717) is 24.9 Å². The number of carbonyl (C=O) groups excluding carboxylic acids is 1. The van der Waals surface area contributed by atoms with Gasteiger partial charge >= 0.3 is 5.97 Å². The van der Waals surface area contributed by atoms with Gasteiger partial charge in [-0.1, -0.05) is 74.0 Å². The monoisotopic (exact) mass is 472 g/mol. The van der Waals surface area contributed by atoms with E-state index in [9.17, 15) is 14.7 Å². The molecule has 0 bridgehead atoms. The van der Waals surface area contributed by atoms with Gasteiger partial charge in [0.15, 0.2) is 0 Å². The first-order valence-electron chi connectivity index (χ1n) is 12.2. The number of amides is 1. The van der Waals surface area contributed by atoms with Crippen molar-refractivity contribution in [2.75, 3.05) is 0 Å². The van der Waals surface area contributed by atoms with Crippen molar-refractivity contribution in [2.45, 2.75) is 65.1 Å². The van der Waals surface area contributed by atoms with Crippen molar-refractivity contribution in [1.82, 2.24) is 10.6 Å². The number of benzene rings is 3. The molecule has 1 amide bonds. The summed E-state index contributed by atoms with van der Waals surface area (Å²) >= 11 is 0. The molecule has 5 heteroatoms. The fourth-order valence-corrected chi connectivity index (χ4v) is 4.29. The Kier molecular flexibility index (Phi) is 8.83. The molecule has 0 fully saturated rings. The lowest BCUT2D eigenvalue weighted by Gasteiger charge is -2.27. The Bertz CT molecular complexity index is 1160. The normalized spacial score (nSPS) is 12.2. The lowest BCUT2D eigenvalue weighted by molar-refractivity contribution is -0.139. The number of rotatable bonds is 11. The van der Waals surface area contributed by atoms with E-state index in [0.717, 1.165) is 28.7 Å². The number of aryl methyl sites for hydroxylation is 1. The summed E-state index contributed by atoms with van der Waals surface area (Å²) in [5.74, 6) is -1.38. The molecule has 0 aliphatic carbocycles. The molecule has 0 unspecified atom stereocenters. The highest BCUT2D eigenvalue weighted by Gasteiger charge is 2.23. The van der Waals surface area contributed by atoms with Crippen LogP contribution in [0.15, 0.2) is 72.8 Å². The molecular formula is C30H36N2O3. The van der Waals surface area contributed by atoms with Crippen molar-refractivity contribution in [2.24, 2.45) is 0 Å². The summed E-state index contributed by atoms with van der Waals surface area (Å²) in [7, 11) is 0. The van der Waals surface area contributed by atoms with Gasteiger partial charge in [-0.25, -0.2) is 4.79 Å². The summed E-state index contributed by atoms with van der Waals surface area (Å²) in [5.41, 5.74) is 5.52. The fourth-order valence-electron chi connectivity index (χ4n) is 4.29. The van der Waals surface area contributed by atoms with Crippen LogP contribution in [-0.4, -0.2) is 28.6 Å². The number of hydrogen-bond donors (Lipinski definition) is 3. The van der Waals surface area contributed by atoms with Crippen LogP contribution in [0.5, 0.6) is 0 Å². The lowest BCUT2D eigenvalue weighted by Crippen LogP contribution is -2.41.